The van der Waals surface area contributed by atoms with Crippen LogP contribution in [-0.2, 0) is 13.1 Å². The van der Waals surface area contributed by atoms with E-state index in [1.807, 2.05) is 24.3 Å². The van der Waals surface area contributed by atoms with Gasteiger partial charge in [-0.05, 0) is 48.7 Å². The molecule has 0 radical (unpaired) electrons. The van der Waals surface area contributed by atoms with E-state index < -0.39 is 0 Å². The first-order chi connectivity index (χ1) is 15.5. The van der Waals surface area contributed by atoms with Crippen LogP contribution in [0.1, 0.15) is 22.3 Å². The molecule has 5 heteroatoms. The molecular weight excluding hydrogens is 402 g/mol. The average Bonchev–Trinajstić information content (AvgIpc) is 3.01. The van der Waals surface area contributed by atoms with Crippen molar-refractivity contribution >= 4 is 0 Å². The first-order valence-electron chi connectivity index (χ1n) is 10.9. The van der Waals surface area contributed by atoms with Crippen molar-refractivity contribution in [2.24, 2.45) is 0 Å². The highest BCUT2D eigenvalue weighted by Gasteiger charge is 2.22. The highest BCUT2D eigenvalue weighted by atomic mass is 16.5. The van der Waals surface area contributed by atoms with Gasteiger partial charge in [0.25, 0.3) is 0 Å². The Hall–Kier alpha value is -3.18. The van der Waals surface area contributed by atoms with E-state index in [4.69, 9.17) is 18.9 Å². The lowest BCUT2D eigenvalue weighted by Crippen LogP contribution is -2.25. The van der Waals surface area contributed by atoms with Gasteiger partial charge >= 0.3 is 0 Å². The molecule has 3 aromatic carbocycles. The van der Waals surface area contributed by atoms with Crippen LogP contribution >= 0.6 is 0 Å². The third-order valence-corrected chi connectivity index (χ3v) is 6.01. The van der Waals surface area contributed by atoms with Gasteiger partial charge in [0.1, 0.15) is 6.61 Å². The maximum Gasteiger partial charge on any atom is 0.168 e. The molecule has 1 aliphatic rings. The van der Waals surface area contributed by atoms with Gasteiger partial charge in [0, 0.05) is 30.8 Å². The Labute approximate surface area is 190 Å². The van der Waals surface area contributed by atoms with E-state index >= 15 is 0 Å². The number of benzene rings is 3. The summed E-state index contributed by atoms with van der Waals surface area (Å²) in [6.45, 7) is 7.44. The highest BCUT2D eigenvalue weighted by molar-refractivity contribution is 5.77. The Morgan fingerprint density at radius 2 is 1.72 bits per heavy atom. The Morgan fingerprint density at radius 1 is 0.906 bits per heavy atom. The second kappa shape index (κ2) is 9.53. The van der Waals surface area contributed by atoms with Crippen molar-refractivity contribution in [1.82, 2.24) is 4.90 Å². The minimum atomic E-state index is 0.621. The van der Waals surface area contributed by atoms with Crippen molar-refractivity contribution in [2.75, 3.05) is 34.5 Å². The van der Waals surface area contributed by atoms with Gasteiger partial charge in [0.2, 0.25) is 0 Å². The second-order valence-corrected chi connectivity index (χ2v) is 8.20. The van der Waals surface area contributed by atoms with Crippen molar-refractivity contribution in [1.29, 1.82) is 0 Å². The predicted octanol–water partition coefficient (Wildman–Crippen LogP) is 5.39. The Kier molecular flexibility index (Phi) is 6.56. The van der Waals surface area contributed by atoms with Gasteiger partial charge in [0.05, 0.1) is 21.3 Å². The first-order valence-corrected chi connectivity index (χ1v) is 10.9. The lowest BCUT2D eigenvalue weighted by Gasteiger charge is -2.21. The van der Waals surface area contributed by atoms with E-state index in [-0.39, 0.29) is 0 Å². The summed E-state index contributed by atoms with van der Waals surface area (Å²) in [5.41, 5.74) is 7.02. The molecule has 0 fully saturated rings. The SMILES string of the molecule is COc1cc(-c2cccc(OC)c2OC)cc2c1OCCN(Cc1ccc(C)cc1C)C2. The van der Waals surface area contributed by atoms with Crippen LogP contribution in [0.15, 0.2) is 48.5 Å². The van der Waals surface area contributed by atoms with E-state index in [0.29, 0.717) is 18.1 Å². The molecule has 4 rings (SSSR count). The van der Waals surface area contributed by atoms with Crippen LogP contribution in [0.25, 0.3) is 11.1 Å². The topological polar surface area (TPSA) is 40.2 Å². The van der Waals surface area contributed by atoms with Crippen molar-refractivity contribution in [2.45, 2.75) is 26.9 Å². The summed E-state index contributed by atoms with van der Waals surface area (Å²) in [4.78, 5) is 2.43. The lowest BCUT2D eigenvalue weighted by atomic mass is 9.99. The number of fused-ring (bicyclic) bond motifs is 1. The zero-order valence-corrected chi connectivity index (χ0v) is 19.5. The van der Waals surface area contributed by atoms with E-state index in [2.05, 4.69) is 43.0 Å². The van der Waals surface area contributed by atoms with Gasteiger partial charge in [-0.3, -0.25) is 4.90 Å². The summed E-state index contributed by atoms with van der Waals surface area (Å²) in [6, 6.07) is 16.7. The minimum Gasteiger partial charge on any atom is -0.493 e. The molecule has 0 amide bonds. The molecule has 3 aromatic rings. The summed E-state index contributed by atoms with van der Waals surface area (Å²) in [5, 5.41) is 0. The molecule has 1 aliphatic heterocycles. The summed E-state index contributed by atoms with van der Waals surface area (Å²) >= 11 is 0. The Morgan fingerprint density at radius 3 is 2.44 bits per heavy atom. The number of rotatable bonds is 6. The fraction of sp³-hybridized carbons (Fsp3) is 0.333. The Bertz CT molecular complexity index is 1110. The standard InChI is InChI=1S/C27H31NO4/c1-18-9-10-20(19(2)13-18)16-28-11-12-32-26-22(17-28)14-21(15-25(26)30-4)23-7-6-8-24(29-3)27(23)31-5/h6-10,13-15H,11-12,16-17H2,1-5H3. The first kappa shape index (κ1) is 22.0. The van der Waals surface area contributed by atoms with E-state index in [1.165, 1.54) is 16.7 Å². The van der Waals surface area contributed by atoms with E-state index in [0.717, 1.165) is 47.8 Å². The molecule has 32 heavy (non-hydrogen) atoms. The fourth-order valence-corrected chi connectivity index (χ4v) is 4.36. The summed E-state index contributed by atoms with van der Waals surface area (Å²) in [6.07, 6.45) is 0. The zero-order chi connectivity index (χ0) is 22.7. The predicted molar refractivity (Wildman–Crippen MR) is 127 cm³/mol. The van der Waals surface area contributed by atoms with Crippen LogP contribution in [0, 0.1) is 13.8 Å². The number of hydrogen-bond donors (Lipinski definition) is 0. The van der Waals surface area contributed by atoms with Gasteiger partial charge in [-0.25, -0.2) is 0 Å². The average molecular weight is 434 g/mol. The Balaban J connectivity index is 1.72. The molecule has 0 spiro atoms. The third-order valence-electron chi connectivity index (χ3n) is 6.01. The molecular formula is C27H31NO4. The maximum atomic E-state index is 6.16. The van der Waals surface area contributed by atoms with Crippen LogP contribution in [0.5, 0.6) is 23.0 Å². The molecule has 0 aromatic heterocycles. The van der Waals surface area contributed by atoms with Gasteiger partial charge in [-0.1, -0.05) is 35.9 Å². The molecule has 0 unspecified atom stereocenters. The van der Waals surface area contributed by atoms with Gasteiger partial charge in [-0.2, -0.15) is 0 Å². The smallest absolute Gasteiger partial charge is 0.168 e. The molecule has 168 valence electrons. The minimum absolute atomic E-state index is 0.621. The number of methoxy groups -OCH3 is 3. The monoisotopic (exact) mass is 433 g/mol. The second-order valence-electron chi connectivity index (χ2n) is 8.20. The number of para-hydroxylation sites is 1. The molecule has 1 heterocycles. The van der Waals surface area contributed by atoms with Crippen LogP contribution in [-0.4, -0.2) is 39.4 Å². The van der Waals surface area contributed by atoms with Crippen molar-refractivity contribution in [3.05, 3.63) is 70.8 Å². The van der Waals surface area contributed by atoms with Crippen LogP contribution in [0.3, 0.4) is 0 Å². The molecule has 0 saturated heterocycles. The fourth-order valence-electron chi connectivity index (χ4n) is 4.36. The largest absolute Gasteiger partial charge is 0.493 e. The van der Waals surface area contributed by atoms with Crippen LogP contribution in [0.2, 0.25) is 0 Å². The lowest BCUT2D eigenvalue weighted by molar-refractivity contribution is 0.216. The highest BCUT2D eigenvalue weighted by Crippen LogP contribution is 2.43. The summed E-state index contributed by atoms with van der Waals surface area (Å²) in [5.74, 6) is 2.96. The maximum absolute atomic E-state index is 6.16. The van der Waals surface area contributed by atoms with E-state index in [9.17, 15) is 0 Å². The number of nitrogens with zero attached hydrogens (tertiary/aromatic N) is 1. The molecule has 0 bridgehead atoms. The number of hydrogen-bond acceptors (Lipinski definition) is 5. The van der Waals surface area contributed by atoms with Crippen molar-refractivity contribution in [3.8, 4) is 34.1 Å². The van der Waals surface area contributed by atoms with Crippen molar-refractivity contribution in [3.63, 3.8) is 0 Å². The zero-order valence-electron chi connectivity index (χ0n) is 19.5. The van der Waals surface area contributed by atoms with Gasteiger partial charge in [-0.15, -0.1) is 0 Å². The number of aryl methyl sites for hydroxylation is 2. The summed E-state index contributed by atoms with van der Waals surface area (Å²) < 4.78 is 23.1. The normalized spacial score (nSPS) is 13.7. The van der Waals surface area contributed by atoms with E-state index in [1.54, 1.807) is 21.3 Å². The molecule has 5 nitrogen and oxygen atoms in total. The number of ether oxygens (including phenoxy) is 4. The molecule has 0 saturated carbocycles. The van der Waals surface area contributed by atoms with Gasteiger partial charge < -0.3 is 18.9 Å². The van der Waals surface area contributed by atoms with Crippen molar-refractivity contribution < 1.29 is 18.9 Å². The summed E-state index contributed by atoms with van der Waals surface area (Å²) in [7, 11) is 5.00. The third kappa shape index (κ3) is 4.39. The van der Waals surface area contributed by atoms with Crippen LogP contribution in [0.4, 0.5) is 0 Å². The molecule has 0 N–H and O–H groups in total. The molecule has 0 aliphatic carbocycles. The van der Waals surface area contributed by atoms with Crippen LogP contribution < -0.4 is 18.9 Å². The van der Waals surface area contributed by atoms with Gasteiger partial charge in [0.15, 0.2) is 23.0 Å². The quantitative estimate of drug-likeness (QED) is 0.521. The molecule has 0 atom stereocenters.